The molecule has 0 aliphatic carbocycles. The second kappa shape index (κ2) is 6.88. The van der Waals surface area contributed by atoms with Crippen LogP contribution in [-0.2, 0) is 9.84 Å². The Hall–Kier alpha value is -2.13. The molecule has 1 heterocycles. The van der Waals surface area contributed by atoms with Gasteiger partial charge in [0.05, 0.1) is 5.56 Å². The molecule has 0 radical (unpaired) electrons. The van der Waals surface area contributed by atoms with Gasteiger partial charge in [0.25, 0.3) is 6.43 Å². The molecule has 0 bridgehead atoms. The van der Waals surface area contributed by atoms with Gasteiger partial charge >= 0.3 is 0 Å². The van der Waals surface area contributed by atoms with Crippen molar-refractivity contribution in [3.05, 3.63) is 58.5 Å². The molecule has 0 N–H and O–H groups in total. The first-order valence-electron chi connectivity index (χ1n) is 7.22. The van der Waals surface area contributed by atoms with Gasteiger partial charge < -0.3 is 4.52 Å². The minimum absolute atomic E-state index is 0.0430. The lowest BCUT2D eigenvalue weighted by Gasteiger charge is -2.07. The quantitative estimate of drug-likeness (QED) is 0.549. The SMILES string of the molecule is CS(=O)(=O)c1ccc(-c2c(-c3cccc(Br)c3)noc2C(F)F)cc1F. The van der Waals surface area contributed by atoms with Gasteiger partial charge in [0.15, 0.2) is 9.84 Å². The zero-order chi connectivity index (χ0) is 19.1. The molecule has 0 amide bonds. The first-order chi connectivity index (χ1) is 12.2. The van der Waals surface area contributed by atoms with E-state index >= 15 is 0 Å². The Morgan fingerprint density at radius 1 is 1.12 bits per heavy atom. The molecule has 26 heavy (non-hydrogen) atoms. The van der Waals surface area contributed by atoms with Crippen LogP contribution in [0.5, 0.6) is 0 Å². The van der Waals surface area contributed by atoms with E-state index in [0.717, 1.165) is 18.4 Å². The molecule has 3 aromatic rings. The summed E-state index contributed by atoms with van der Waals surface area (Å²) >= 11 is 3.29. The molecule has 0 saturated heterocycles. The Bertz CT molecular complexity index is 1080. The second-order valence-electron chi connectivity index (χ2n) is 5.50. The summed E-state index contributed by atoms with van der Waals surface area (Å²) in [4.78, 5) is -0.514. The Labute approximate surface area is 155 Å². The Morgan fingerprint density at radius 2 is 1.85 bits per heavy atom. The average molecular weight is 446 g/mol. The maximum atomic E-state index is 14.2. The molecule has 0 fully saturated rings. The summed E-state index contributed by atoms with van der Waals surface area (Å²) in [5.41, 5.74) is 0.546. The highest BCUT2D eigenvalue weighted by atomic mass is 79.9. The van der Waals surface area contributed by atoms with E-state index in [1.165, 1.54) is 6.07 Å². The average Bonchev–Trinajstić information content (AvgIpc) is 2.98. The fraction of sp³-hybridized carbons (Fsp3) is 0.118. The topological polar surface area (TPSA) is 60.2 Å². The lowest BCUT2D eigenvalue weighted by atomic mass is 9.99. The van der Waals surface area contributed by atoms with Crippen molar-refractivity contribution in [2.75, 3.05) is 6.26 Å². The fourth-order valence-corrected chi connectivity index (χ4v) is 3.65. The van der Waals surface area contributed by atoms with Gasteiger partial charge in [0, 0.05) is 16.3 Å². The summed E-state index contributed by atoms with van der Waals surface area (Å²) in [7, 11) is -3.78. The molecule has 0 atom stereocenters. The highest BCUT2D eigenvalue weighted by Gasteiger charge is 2.27. The number of rotatable bonds is 4. The largest absolute Gasteiger partial charge is 0.354 e. The Balaban J connectivity index is 2.24. The molecular formula is C17H11BrF3NO3S. The van der Waals surface area contributed by atoms with Gasteiger partial charge in [0.1, 0.15) is 16.4 Å². The van der Waals surface area contributed by atoms with E-state index in [9.17, 15) is 21.6 Å². The minimum Gasteiger partial charge on any atom is -0.354 e. The van der Waals surface area contributed by atoms with Crippen molar-refractivity contribution < 1.29 is 26.1 Å². The summed E-state index contributed by atoms with van der Waals surface area (Å²) in [5, 5.41) is 3.71. The maximum Gasteiger partial charge on any atom is 0.298 e. The third-order valence-electron chi connectivity index (χ3n) is 3.63. The van der Waals surface area contributed by atoms with Gasteiger partial charge in [-0.1, -0.05) is 39.3 Å². The molecule has 2 aromatic carbocycles. The van der Waals surface area contributed by atoms with Crippen molar-refractivity contribution in [3.63, 3.8) is 0 Å². The van der Waals surface area contributed by atoms with Gasteiger partial charge in [-0.05, 0) is 29.8 Å². The van der Waals surface area contributed by atoms with Gasteiger partial charge in [-0.15, -0.1) is 0 Å². The van der Waals surface area contributed by atoms with E-state index < -0.39 is 32.7 Å². The molecule has 3 rings (SSSR count). The highest BCUT2D eigenvalue weighted by molar-refractivity contribution is 9.10. The third-order valence-corrected chi connectivity index (χ3v) is 5.26. The van der Waals surface area contributed by atoms with Gasteiger partial charge in [-0.3, -0.25) is 0 Å². The van der Waals surface area contributed by atoms with Crippen molar-refractivity contribution in [1.29, 1.82) is 0 Å². The van der Waals surface area contributed by atoms with Crippen LogP contribution in [0.15, 0.2) is 56.4 Å². The molecule has 4 nitrogen and oxygen atoms in total. The minimum atomic E-state index is -3.78. The van der Waals surface area contributed by atoms with Crippen LogP contribution in [0.2, 0.25) is 0 Å². The van der Waals surface area contributed by atoms with Gasteiger partial charge in [-0.25, -0.2) is 21.6 Å². The van der Waals surface area contributed by atoms with Crippen molar-refractivity contribution in [1.82, 2.24) is 5.16 Å². The zero-order valence-electron chi connectivity index (χ0n) is 13.2. The Morgan fingerprint density at radius 3 is 2.42 bits per heavy atom. The third kappa shape index (κ3) is 3.54. The van der Waals surface area contributed by atoms with Crippen molar-refractivity contribution in [2.45, 2.75) is 11.3 Å². The van der Waals surface area contributed by atoms with E-state index in [2.05, 4.69) is 21.1 Å². The monoisotopic (exact) mass is 445 g/mol. The number of benzene rings is 2. The van der Waals surface area contributed by atoms with Crippen LogP contribution >= 0.6 is 15.9 Å². The summed E-state index contributed by atoms with van der Waals surface area (Å²) in [6.45, 7) is 0. The number of nitrogens with zero attached hydrogens (tertiary/aromatic N) is 1. The van der Waals surface area contributed by atoms with Crippen LogP contribution in [0.3, 0.4) is 0 Å². The molecule has 0 aliphatic rings. The standard InChI is InChI=1S/C17H11BrF3NO3S/c1-26(23,24)13-6-5-9(8-12(13)19)14-15(22-25-16(14)17(20)21)10-3-2-4-11(18)7-10/h2-8,17H,1H3. The van der Waals surface area contributed by atoms with Crippen LogP contribution in [0.1, 0.15) is 12.2 Å². The number of aromatic nitrogens is 1. The molecule has 0 aliphatic heterocycles. The number of sulfone groups is 1. The van der Waals surface area contributed by atoms with E-state index in [4.69, 9.17) is 4.52 Å². The first-order valence-corrected chi connectivity index (χ1v) is 9.90. The number of hydrogen-bond donors (Lipinski definition) is 0. The molecule has 0 unspecified atom stereocenters. The molecule has 1 aromatic heterocycles. The van der Waals surface area contributed by atoms with E-state index in [0.29, 0.717) is 10.0 Å². The molecule has 0 saturated carbocycles. The lowest BCUT2D eigenvalue weighted by molar-refractivity contribution is 0.113. The predicted octanol–water partition coefficient (Wildman–Crippen LogP) is 5.25. The fourth-order valence-electron chi connectivity index (χ4n) is 2.52. The summed E-state index contributed by atoms with van der Waals surface area (Å²) in [5.74, 6) is -1.75. The normalized spacial score (nSPS) is 11.9. The molecule has 0 spiro atoms. The summed E-state index contributed by atoms with van der Waals surface area (Å²) in [6, 6.07) is 9.90. The van der Waals surface area contributed by atoms with Crippen LogP contribution < -0.4 is 0 Å². The molecular weight excluding hydrogens is 435 g/mol. The molecule has 9 heteroatoms. The van der Waals surface area contributed by atoms with Gasteiger partial charge in [0.2, 0.25) is 5.76 Å². The summed E-state index contributed by atoms with van der Waals surface area (Å²) in [6.07, 6.45) is -2.11. The second-order valence-corrected chi connectivity index (χ2v) is 8.40. The van der Waals surface area contributed by atoms with Crippen molar-refractivity contribution >= 4 is 25.8 Å². The van der Waals surface area contributed by atoms with Crippen molar-refractivity contribution in [2.24, 2.45) is 0 Å². The number of halogens is 4. The maximum absolute atomic E-state index is 14.2. The van der Waals surface area contributed by atoms with Crippen LogP contribution in [0.4, 0.5) is 13.2 Å². The van der Waals surface area contributed by atoms with Gasteiger partial charge in [-0.2, -0.15) is 0 Å². The highest BCUT2D eigenvalue weighted by Crippen LogP contribution is 2.40. The smallest absolute Gasteiger partial charge is 0.298 e. The lowest BCUT2D eigenvalue weighted by Crippen LogP contribution is -2.01. The number of alkyl halides is 2. The van der Waals surface area contributed by atoms with E-state index in [-0.39, 0.29) is 16.8 Å². The van der Waals surface area contributed by atoms with Crippen molar-refractivity contribution in [3.8, 4) is 22.4 Å². The summed E-state index contributed by atoms with van der Waals surface area (Å²) < 4.78 is 69.6. The Kier molecular flexibility index (Phi) is 4.94. The van der Waals surface area contributed by atoms with Crippen LogP contribution in [0, 0.1) is 5.82 Å². The first kappa shape index (κ1) is 18.7. The number of hydrogen-bond acceptors (Lipinski definition) is 4. The van der Waals surface area contributed by atoms with Crippen LogP contribution in [0.25, 0.3) is 22.4 Å². The van der Waals surface area contributed by atoms with E-state index in [1.54, 1.807) is 24.3 Å². The predicted molar refractivity (Wildman–Crippen MR) is 93.1 cm³/mol. The zero-order valence-corrected chi connectivity index (χ0v) is 15.6. The van der Waals surface area contributed by atoms with Crippen LogP contribution in [-0.4, -0.2) is 19.8 Å². The molecule has 136 valence electrons. The van der Waals surface area contributed by atoms with E-state index in [1.807, 2.05) is 0 Å².